The molecule has 1 aliphatic heterocycles. The predicted octanol–water partition coefficient (Wildman–Crippen LogP) is 2.06. The number of aromatic amines is 1. The monoisotopic (exact) mass is 345 g/mol. The van der Waals surface area contributed by atoms with Crippen LogP contribution in [0, 0.1) is 0 Å². The van der Waals surface area contributed by atoms with E-state index >= 15 is 0 Å². The highest BCUT2D eigenvalue weighted by Crippen LogP contribution is 2.34. The molecule has 0 saturated heterocycles. The average Bonchev–Trinajstić information content (AvgIpc) is 3.22. The van der Waals surface area contributed by atoms with Gasteiger partial charge < -0.3 is 25.6 Å². The van der Waals surface area contributed by atoms with Crippen molar-refractivity contribution < 1.29 is 9.90 Å². The number of carboxylic acid groups (broad SMARTS) is 1. The highest BCUT2D eigenvalue weighted by molar-refractivity contribution is 5.75. The van der Waals surface area contributed by atoms with E-state index in [0.717, 1.165) is 12.4 Å². The number of imidazole rings is 1. The summed E-state index contributed by atoms with van der Waals surface area (Å²) in [4.78, 5) is 21.5. The topological polar surface area (TPSA) is 98.5 Å². The van der Waals surface area contributed by atoms with Crippen LogP contribution in [0.4, 0.5) is 11.4 Å². The van der Waals surface area contributed by atoms with Crippen LogP contribution in [0.15, 0.2) is 36.8 Å². The normalized spacial score (nSPS) is 13.9. The van der Waals surface area contributed by atoms with Crippen LogP contribution in [0.3, 0.4) is 0 Å². The molecule has 0 bridgehead atoms. The zero-order chi connectivity index (χ0) is 18.2. The lowest BCUT2D eigenvalue weighted by atomic mass is 10.2. The van der Waals surface area contributed by atoms with Crippen LogP contribution >= 0.6 is 0 Å². The second-order valence-electron chi connectivity index (χ2n) is 6.17. The first-order valence-corrected chi connectivity index (χ1v) is 8.53. The number of unbranched alkanes of at least 4 members (excludes halogenated alkanes) is 1. The first kappa shape index (κ1) is 18.8. The quantitative estimate of drug-likeness (QED) is 0.741. The Morgan fingerprint density at radius 2 is 2.12 bits per heavy atom. The minimum Gasteiger partial charge on any atom is -0.480 e. The maximum Gasteiger partial charge on any atom is 0.320 e. The Morgan fingerprint density at radius 1 is 1.40 bits per heavy atom. The summed E-state index contributed by atoms with van der Waals surface area (Å²) in [5.41, 5.74) is 8.75. The van der Waals surface area contributed by atoms with Crippen molar-refractivity contribution in [3.63, 3.8) is 0 Å². The van der Waals surface area contributed by atoms with Crippen molar-refractivity contribution in [2.75, 3.05) is 30.1 Å². The molecule has 0 unspecified atom stereocenters. The van der Waals surface area contributed by atoms with Gasteiger partial charge in [-0.2, -0.15) is 0 Å². The highest BCUT2D eigenvalue weighted by atomic mass is 16.4. The fourth-order valence-corrected chi connectivity index (χ4v) is 2.72. The van der Waals surface area contributed by atoms with E-state index in [1.807, 2.05) is 0 Å². The van der Waals surface area contributed by atoms with Gasteiger partial charge in [-0.15, -0.1) is 0 Å². The van der Waals surface area contributed by atoms with Crippen molar-refractivity contribution in [1.29, 1.82) is 0 Å². The van der Waals surface area contributed by atoms with Gasteiger partial charge in [0.15, 0.2) is 0 Å². The van der Waals surface area contributed by atoms with E-state index in [2.05, 4.69) is 58.0 Å². The molecule has 25 heavy (non-hydrogen) atoms. The van der Waals surface area contributed by atoms with Gasteiger partial charge in [0.2, 0.25) is 0 Å². The summed E-state index contributed by atoms with van der Waals surface area (Å²) < 4.78 is 0. The molecular weight excluding hydrogens is 318 g/mol. The second kappa shape index (κ2) is 9.08. The van der Waals surface area contributed by atoms with Gasteiger partial charge in [-0.25, -0.2) is 4.98 Å². The number of H-pyrrole nitrogens is 1. The number of rotatable bonds is 6. The molecule has 0 radical (unpaired) electrons. The zero-order valence-electron chi connectivity index (χ0n) is 14.9. The summed E-state index contributed by atoms with van der Waals surface area (Å²) in [6.45, 7) is 4.46. The van der Waals surface area contributed by atoms with E-state index in [0.29, 0.717) is 0 Å². The SMILES string of the molecule is CCCCN1CN(C)c2ccccc21.N[C@@H](Cc1cnc[nH]1)C(=O)O. The van der Waals surface area contributed by atoms with Crippen LogP contribution in [0.1, 0.15) is 25.5 Å². The standard InChI is InChI=1S/C12H18N2.C6H9N3O2/c1-3-4-9-14-10-13(2)11-7-5-6-8-12(11)14;7-5(6(10)11)1-4-2-8-3-9-4/h5-8H,3-4,9-10H2,1-2H3;2-3,5H,1,7H2,(H,8,9)(H,10,11)/t;5-/m.0/s1. The van der Waals surface area contributed by atoms with Crippen molar-refractivity contribution in [3.8, 4) is 0 Å². The van der Waals surface area contributed by atoms with Crippen molar-refractivity contribution >= 4 is 17.3 Å². The summed E-state index contributed by atoms with van der Waals surface area (Å²) in [6.07, 6.45) is 5.88. The largest absolute Gasteiger partial charge is 0.480 e. The molecule has 1 aromatic heterocycles. The van der Waals surface area contributed by atoms with Gasteiger partial charge in [0, 0.05) is 31.9 Å². The van der Waals surface area contributed by atoms with Crippen molar-refractivity contribution in [3.05, 3.63) is 42.5 Å². The Balaban J connectivity index is 0.000000186. The van der Waals surface area contributed by atoms with Crippen LogP contribution in [-0.2, 0) is 11.2 Å². The molecular formula is C18H27N5O2. The Kier molecular flexibility index (Phi) is 6.82. The van der Waals surface area contributed by atoms with E-state index in [1.54, 1.807) is 6.20 Å². The number of fused-ring (bicyclic) bond motifs is 1. The lowest BCUT2D eigenvalue weighted by Gasteiger charge is -2.18. The maximum absolute atomic E-state index is 10.3. The van der Waals surface area contributed by atoms with Crippen LogP contribution in [0.5, 0.6) is 0 Å². The maximum atomic E-state index is 10.3. The third-order valence-electron chi connectivity index (χ3n) is 4.11. The Bertz CT molecular complexity index is 659. The number of hydrogen-bond donors (Lipinski definition) is 3. The van der Waals surface area contributed by atoms with E-state index < -0.39 is 12.0 Å². The average molecular weight is 345 g/mol. The molecule has 2 aromatic rings. The molecule has 0 spiro atoms. The number of aliphatic carboxylic acids is 1. The van der Waals surface area contributed by atoms with E-state index in [1.165, 1.54) is 37.1 Å². The summed E-state index contributed by atoms with van der Waals surface area (Å²) in [6, 6.07) is 7.79. The summed E-state index contributed by atoms with van der Waals surface area (Å²) in [5, 5.41) is 8.42. The van der Waals surface area contributed by atoms with E-state index in [9.17, 15) is 4.79 Å². The lowest BCUT2D eigenvalue weighted by molar-refractivity contribution is -0.138. The number of para-hydroxylation sites is 2. The van der Waals surface area contributed by atoms with Gasteiger partial charge in [-0.3, -0.25) is 4.79 Å². The number of nitrogens with two attached hydrogens (primary N) is 1. The van der Waals surface area contributed by atoms with Crippen LogP contribution in [0.2, 0.25) is 0 Å². The van der Waals surface area contributed by atoms with Crippen LogP contribution < -0.4 is 15.5 Å². The second-order valence-corrected chi connectivity index (χ2v) is 6.17. The molecule has 0 fully saturated rings. The molecule has 3 rings (SSSR count). The molecule has 2 heterocycles. The molecule has 0 saturated carbocycles. The summed E-state index contributed by atoms with van der Waals surface area (Å²) in [7, 11) is 2.16. The molecule has 1 atom stereocenters. The van der Waals surface area contributed by atoms with E-state index in [4.69, 9.17) is 10.8 Å². The van der Waals surface area contributed by atoms with Gasteiger partial charge in [-0.05, 0) is 18.6 Å². The lowest BCUT2D eigenvalue weighted by Crippen LogP contribution is -2.32. The summed E-state index contributed by atoms with van der Waals surface area (Å²) in [5.74, 6) is -1.00. The van der Waals surface area contributed by atoms with Crippen molar-refractivity contribution in [1.82, 2.24) is 9.97 Å². The number of benzene rings is 1. The Hall–Kier alpha value is -2.54. The predicted molar refractivity (Wildman–Crippen MR) is 99.9 cm³/mol. The van der Waals surface area contributed by atoms with Gasteiger partial charge in [-0.1, -0.05) is 25.5 Å². The fourth-order valence-electron chi connectivity index (χ4n) is 2.72. The Labute approximate surface area is 148 Å². The van der Waals surface area contributed by atoms with Gasteiger partial charge in [0.1, 0.15) is 6.04 Å². The number of nitrogens with zero attached hydrogens (tertiary/aromatic N) is 3. The van der Waals surface area contributed by atoms with Crippen LogP contribution in [0.25, 0.3) is 0 Å². The van der Waals surface area contributed by atoms with Crippen molar-refractivity contribution in [2.24, 2.45) is 5.73 Å². The van der Waals surface area contributed by atoms with Crippen molar-refractivity contribution in [2.45, 2.75) is 32.2 Å². The molecule has 7 heteroatoms. The third-order valence-corrected chi connectivity index (χ3v) is 4.11. The molecule has 7 nitrogen and oxygen atoms in total. The number of anilines is 2. The minimum absolute atomic E-state index is 0.287. The molecule has 1 aromatic carbocycles. The fraction of sp³-hybridized carbons (Fsp3) is 0.444. The zero-order valence-corrected chi connectivity index (χ0v) is 14.9. The first-order chi connectivity index (χ1) is 12.0. The van der Waals surface area contributed by atoms with Gasteiger partial charge in [0.05, 0.1) is 24.4 Å². The highest BCUT2D eigenvalue weighted by Gasteiger charge is 2.21. The smallest absolute Gasteiger partial charge is 0.320 e. The molecule has 1 aliphatic rings. The molecule has 0 amide bonds. The summed E-state index contributed by atoms with van der Waals surface area (Å²) >= 11 is 0. The number of hydrogen-bond acceptors (Lipinski definition) is 5. The molecule has 4 N–H and O–H groups in total. The number of nitrogens with one attached hydrogen (secondary N) is 1. The third kappa shape index (κ3) is 5.22. The number of aromatic nitrogens is 2. The molecule has 0 aliphatic carbocycles. The van der Waals surface area contributed by atoms with E-state index in [-0.39, 0.29) is 6.42 Å². The van der Waals surface area contributed by atoms with Crippen LogP contribution in [-0.4, -0.2) is 47.3 Å². The van der Waals surface area contributed by atoms with Gasteiger partial charge in [0.25, 0.3) is 0 Å². The molecule has 136 valence electrons. The number of carbonyl (C=O) groups is 1. The number of carboxylic acids is 1. The Morgan fingerprint density at radius 3 is 2.72 bits per heavy atom. The first-order valence-electron chi connectivity index (χ1n) is 8.53. The minimum atomic E-state index is -1.00. The van der Waals surface area contributed by atoms with Gasteiger partial charge >= 0.3 is 5.97 Å².